The van der Waals surface area contributed by atoms with Crippen LogP contribution in [0.25, 0.3) is 0 Å². The molecule has 8 heteroatoms. The molecule has 0 aliphatic carbocycles. The lowest BCUT2D eigenvalue weighted by Crippen LogP contribution is -2.49. The first-order valence-electron chi connectivity index (χ1n) is 9.79. The number of nitro groups is 1. The molecule has 0 spiro atoms. The SMILES string of the molecule is CCC(C)NC(=O)C(C)N(Cc1ccc(Br)cc1)C(=O)Cc1ccccc1[N+](=O)[O-]. The maximum atomic E-state index is 13.2. The third kappa shape index (κ3) is 6.38. The maximum Gasteiger partial charge on any atom is 0.273 e. The molecule has 0 heterocycles. The zero-order valence-corrected chi connectivity index (χ0v) is 18.9. The van der Waals surface area contributed by atoms with Gasteiger partial charge in [-0.3, -0.25) is 19.7 Å². The highest BCUT2D eigenvalue weighted by molar-refractivity contribution is 9.10. The molecule has 2 rings (SSSR count). The van der Waals surface area contributed by atoms with Gasteiger partial charge in [-0.1, -0.05) is 53.2 Å². The Labute approximate surface area is 184 Å². The largest absolute Gasteiger partial charge is 0.352 e. The van der Waals surface area contributed by atoms with Crippen molar-refractivity contribution in [2.24, 2.45) is 0 Å². The lowest BCUT2D eigenvalue weighted by Gasteiger charge is -2.29. The summed E-state index contributed by atoms with van der Waals surface area (Å²) in [4.78, 5) is 38.2. The van der Waals surface area contributed by atoms with Crippen molar-refractivity contribution in [3.05, 3.63) is 74.2 Å². The van der Waals surface area contributed by atoms with Crippen molar-refractivity contribution in [3.63, 3.8) is 0 Å². The molecular weight excluding hydrogens is 450 g/mol. The van der Waals surface area contributed by atoms with E-state index in [1.807, 2.05) is 38.1 Å². The number of carbonyl (C=O) groups excluding carboxylic acids is 2. The normalized spacial score (nSPS) is 12.7. The monoisotopic (exact) mass is 475 g/mol. The van der Waals surface area contributed by atoms with E-state index in [0.29, 0.717) is 5.56 Å². The molecule has 1 N–H and O–H groups in total. The van der Waals surface area contributed by atoms with Crippen LogP contribution in [0.4, 0.5) is 5.69 Å². The second-order valence-corrected chi connectivity index (χ2v) is 8.12. The third-order valence-corrected chi connectivity index (χ3v) is 5.49. The molecule has 7 nitrogen and oxygen atoms in total. The first-order valence-corrected chi connectivity index (χ1v) is 10.6. The van der Waals surface area contributed by atoms with Crippen molar-refractivity contribution in [2.45, 2.75) is 52.2 Å². The van der Waals surface area contributed by atoms with Gasteiger partial charge in [-0.05, 0) is 38.0 Å². The Morgan fingerprint density at radius 3 is 2.37 bits per heavy atom. The number of hydrogen-bond donors (Lipinski definition) is 1. The molecule has 30 heavy (non-hydrogen) atoms. The van der Waals surface area contributed by atoms with Gasteiger partial charge in [0, 0.05) is 28.7 Å². The molecule has 0 bridgehead atoms. The summed E-state index contributed by atoms with van der Waals surface area (Å²) < 4.78 is 0.909. The number of amides is 2. The van der Waals surface area contributed by atoms with E-state index in [0.717, 1.165) is 16.5 Å². The molecule has 2 aromatic carbocycles. The van der Waals surface area contributed by atoms with E-state index in [4.69, 9.17) is 0 Å². The molecule has 0 aromatic heterocycles. The lowest BCUT2D eigenvalue weighted by atomic mass is 10.1. The Bertz CT molecular complexity index is 902. The van der Waals surface area contributed by atoms with Gasteiger partial charge in [0.25, 0.3) is 5.69 Å². The summed E-state index contributed by atoms with van der Waals surface area (Å²) >= 11 is 3.39. The number of benzene rings is 2. The highest BCUT2D eigenvalue weighted by atomic mass is 79.9. The van der Waals surface area contributed by atoms with Gasteiger partial charge < -0.3 is 10.2 Å². The van der Waals surface area contributed by atoms with Gasteiger partial charge in [-0.2, -0.15) is 0 Å². The van der Waals surface area contributed by atoms with Crippen LogP contribution in [-0.4, -0.2) is 33.7 Å². The lowest BCUT2D eigenvalue weighted by molar-refractivity contribution is -0.385. The first kappa shape index (κ1) is 23.5. The Balaban J connectivity index is 2.29. The summed E-state index contributed by atoms with van der Waals surface area (Å²) in [6, 6.07) is 12.9. The number of nitrogens with one attached hydrogen (secondary N) is 1. The molecule has 2 atom stereocenters. The second kappa shape index (κ2) is 10.9. The molecule has 0 radical (unpaired) electrons. The summed E-state index contributed by atoms with van der Waals surface area (Å²) in [5.74, 6) is -0.601. The number of nitrogens with zero attached hydrogens (tertiary/aromatic N) is 2. The molecule has 0 fully saturated rings. The Morgan fingerprint density at radius 2 is 1.77 bits per heavy atom. The summed E-state index contributed by atoms with van der Waals surface area (Å²) in [5, 5.41) is 14.2. The van der Waals surface area contributed by atoms with Gasteiger partial charge in [0.2, 0.25) is 11.8 Å². The smallest absolute Gasteiger partial charge is 0.273 e. The van der Waals surface area contributed by atoms with Gasteiger partial charge >= 0.3 is 0 Å². The van der Waals surface area contributed by atoms with Crippen LogP contribution >= 0.6 is 15.9 Å². The molecule has 160 valence electrons. The van der Waals surface area contributed by atoms with Crippen LogP contribution in [0, 0.1) is 10.1 Å². The molecule has 2 unspecified atom stereocenters. The van der Waals surface area contributed by atoms with E-state index in [1.165, 1.54) is 11.0 Å². The minimum atomic E-state index is -0.724. The molecule has 0 aliphatic rings. The van der Waals surface area contributed by atoms with E-state index in [2.05, 4.69) is 21.2 Å². The molecule has 2 amide bonds. The average molecular weight is 476 g/mol. The Kier molecular flexibility index (Phi) is 8.53. The van der Waals surface area contributed by atoms with Gasteiger partial charge in [-0.15, -0.1) is 0 Å². The number of para-hydroxylation sites is 1. The average Bonchev–Trinajstić information content (AvgIpc) is 2.72. The van der Waals surface area contributed by atoms with Gasteiger partial charge in [0.1, 0.15) is 6.04 Å². The van der Waals surface area contributed by atoms with Gasteiger partial charge in [0.15, 0.2) is 0 Å². The van der Waals surface area contributed by atoms with Gasteiger partial charge in [0.05, 0.1) is 11.3 Å². The Hall–Kier alpha value is -2.74. The number of hydrogen-bond acceptors (Lipinski definition) is 4. The highest BCUT2D eigenvalue weighted by Gasteiger charge is 2.28. The predicted octanol–water partition coefficient (Wildman–Crippen LogP) is 4.23. The topological polar surface area (TPSA) is 92.6 Å². The number of rotatable bonds is 9. The summed E-state index contributed by atoms with van der Waals surface area (Å²) in [6.45, 7) is 5.77. The molecule has 0 saturated heterocycles. The minimum Gasteiger partial charge on any atom is -0.352 e. The van der Waals surface area contributed by atoms with Crippen LogP contribution in [0.5, 0.6) is 0 Å². The van der Waals surface area contributed by atoms with Crippen LogP contribution in [0.3, 0.4) is 0 Å². The van der Waals surface area contributed by atoms with Crippen LogP contribution in [0.2, 0.25) is 0 Å². The Morgan fingerprint density at radius 1 is 1.13 bits per heavy atom. The fourth-order valence-corrected chi connectivity index (χ4v) is 3.20. The van der Waals surface area contributed by atoms with Crippen LogP contribution in [-0.2, 0) is 22.6 Å². The van der Waals surface area contributed by atoms with E-state index < -0.39 is 11.0 Å². The van der Waals surface area contributed by atoms with Crippen LogP contribution in [0.15, 0.2) is 53.0 Å². The van der Waals surface area contributed by atoms with Crippen molar-refractivity contribution in [1.29, 1.82) is 0 Å². The van der Waals surface area contributed by atoms with E-state index in [1.54, 1.807) is 25.1 Å². The van der Waals surface area contributed by atoms with Gasteiger partial charge in [-0.25, -0.2) is 0 Å². The molecular formula is C22H26BrN3O4. The maximum absolute atomic E-state index is 13.2. The van der Waals surface area contributed by atoms with E-state index in [9.17, 15) is 19.7 Å². The zero-order valence-electron chi connectivity index (χ0n) is 17.3. The van der Waals surface area contributed by atoms with Crippen molar-refractivity contribution < 1.29 is 14.5 Å². The number of carbonyl (C=O) groups is 2. The summed E-state index contributed by atoms with van der Waals surface area (Å²) in [6.07, 6.45) is 0.615. The van der Waals surface area contributed by atoms with Crippen molar-refractivity contribution in [3.8, 4) is 0 Å². The number of nitro benzene ring substituents is 1. The molecule has 2 aromatic rings. The number of halogens is 1. The van der Waals surface area contributed by atoms with Crippen molar-refractivity contribution in [2.75, 3.05) is 0 Å². The molecule has 0 aliphatic heterocycles. The fraction of sp³-hybridized carbons (Fsp3) is 0.364. The molecule has 0 saturated carbocycles. The minimum absolute atomic E-state index is 0.0141. The van der Waals surface area contributed by atoms with Crippen molar-refractivity contribution >= 4 is 33.4 Å². The highest BCUT2D eigenvalue weighted by Crippen LogP contribution is 2.21. The van der Waals surface area contributed by atoms with Crippen LogP contribution in [0.1, 0.15) is 38.3 Å². The predicted molar refractivity (Wildman–Crippen MR) is 119 cm³/mol. The third-order valence-electron chi connectivity index (χ3n) is 4.96. The quantitative estimate of drug-likeness (QED) is 0.433. The van der Waals surface area contributed by atoms with E-state index >= 15 is 0 Å². The van der Waals surface area contributed by atoms with Crippen molar-refractivity contribution in [1.82, 2.24) is 10.2 Å². The summed E-state index contributed by atoms with van der Waals surface area (Å²) in [7, 11) is 0. The standard InChI is InChI=1S/C22H26BrN3O4/c1-4-15(2)24-22(28)16(3)25(14-17-9-11-19(23)12-10-17)21(27)13-18-7-5-6-8-20(18)26(29)30/h5-12,15-16H,4,13-14H2,1-3H3,(H,24,28). The van der Waals surface area contributed by atoms with E-state index in [-0.39, 0.29) is 36.5 Å². The summed E-state index contributed by atoms with van der Waals surface area (Å²) in [5.41, 5.74) is 1.08. The first-order chi connectivity index (χ1) is 14.2. The van der Waals surface area contributed by atoms with Crippen LogP contribution < -0.4 is 5.32 Å². The zero-order chi connectivity index (χ0) is 22.3. The fourth-order valence-electron chi connectivity index (χ4n) is 2.94. The second-order valence-electron chi connectivity index (χ2n) is 7.20.